The molecule has 0 radical (unpaired) electrons. The number of ether oxygens (including phenoxy) is 1. The summed E-state index contributed by atoms with van der Waals surface area (Å²) >= 11 is 0. The number of hydrogen-bond acceptors (Lipinski definition) is 3. The van der Waals surface area contributed by atoms with Gasteiger partial charge in [0, 0.05) is 40.0 Å². The summed E-state index contributed by atoms with van der Waals surface area (Å²) in [6, 6.07) is 6.00. The van der Waals surface area contributed by atoms with E-state index in [1.54, 1.807) is 0 Å². The number of rotatable bonds is 2. The molecular weight excluding hydrogens is 290 g/mol. The first-order valence-corrected chi connectivity index (χ1v) is 7.87. The van der Waals surface area contributed by atoms with Gasteiger partial charge in [-0.25, -0.2) is 0 Å². The highest BCUT2D eigenvalue weighted by atomic mass is 16.5. The van der Waals surface area contributed by atoms with Crippen molar-refractivity contribution in [3.63, 3.8) is 0 Å². The molecule has 3 rings (SSSR count). The van der Waals surface area contributed by atoms with E-state index in [-0.39, 0.29) is 23.3 Å². The minimum absolute atomic E-state index is 0.0822. The van der Waals surface area contributed by atoms with Crippen LogP contribution in [0, 0.1) is 10.8 Å². The molecule has 1 heterocycles. The summed E-state index contributed by atoms with van der Waals surface area (Å²) in [6.45, 7) is 5.78. The Bertz CT molecular complexity index is 783. The summed E-state index contributed by atoms with van der Waals surface area (Å²) in [6.07, 6.45) is 1.64. The number of carbonyl (C=O) groups excluding carboxylic acids is 1. The minimum Gasteiger partial charge on any atom is -0.481 e. The Morgan fingerprint density at radius 3 is 2.74 bits per heavy atom. The van der Waals surface area contributed by atoms with Gasteiger partial charge >= 0.3 is 0 Å². The van der Waals surface area contributed by atoms with Crippen LogP contribution in [0.5, 0.6) is 0 Å². The van der Waals surface area contributed by atoms with Crippen LogP contribution in [0.25, 0.3) is 10.9 Å². The Kier molecular flexibility index (Phi) is 3.66. The summed E-state index contributed by atoms with van der Waals surface area (Å²) < 4.78 is 5.01. The molecule has 23 heavy (non-hydrogen) atoms. The molecule has 0 bridgehead atoms. The molecule has 122 valence electrons. The fourth-order valence-electron chi connectivity index (χ4n) is 3.04. The number of hydrogen-bond donors (Lipinski definition) is 3. The number of aromatic nitrogens is 1. The lowest BCUT2D eigenvalue weighted by Crippen LogP contribution is -2.42. The van der Waals surface area contributed by atoms with Gasteiger partial charge in [0.2, 0.25) is 11.8 Å². The lowest BCUT2D eigenvalue weighted by Gasteiger charge is -2.21. The van der Waals surface area contributed by atoms with E-state index in [0.717, 1.165) is 29.3 Å². The number of aromatic amines is 1. The van der Waals surface area contributed by atoms with E-state index in [0.29, 0.717) is 0 Å². The van der Waals surface area contributed by atoms with Crippen molar-refractivity contribution >= 4 is 22.7 Å². The van der Waals surface area contributed by atoms with Crippen molar-refractivity contribution < 1.29 is 9.53 Å². The topological polar surface area (TPSA) is 78.0 Å². The Morgan fingerprint density at radius 1 is 1.35 bits per heavy atom. The van der Waals surface area contributed by atoms with Crippen molar-refractivity contribution in [1.29, 1.82) is 5.41 Å². The number of nitrogens with one attached hydrogen (secondary N) is 3. The molecule has 3 N–H and O–H groups in total. The van der Waals surface area contributed by atoms with Crippen LogP contribution < -0.4 is 5.32 Å². The van der Waals surface area contributed by atoms with Crippen LogP contribution in [0.1, 0.15) is 37.6 Å². The van der Waals surface area contributed by atoms with E-state index in [2.05, 4.69) is 10.3 Å². The molecule has 0 spiro atoms. The Balaban J connectivity index is 1.85. The van der Waals surface area contributed by atoms with E-state index in [1.807, 2.05) is 39.0 Å². The lowest BCUT2D eigenvalue weighted by molar-refractivity contribution is -0.129. The predicted molar refractivity (Wildman–Crippen MR) is 90.9 cm³/mol. The zero-order valence-electron chi connectivity index (χ0n) is 14.0. The molecule has 1 aromatic carbocycles. The second-order valence-electron chi connectivity index (χ2n) is 7.20. The van der Waals surface area contributed by atoms with Crippen molar-refractivity contribution in [2.75, 3.05) is 7.11 Å². The third kappa shape index (κ3) is 2.83. The number of benzene rings is 1. The van der Waals surface area contributed by atoms with E-state index in [1.165, 1.54) is 18.4 Å². The van der Waals surface area contributed by atoms with Gasteiger partial charge in [-0.1, -0.05) is 20.8 Å². The third-order valence-electron chi connectivity index (χ3n) is 4.38. The zero-order valence-corrected chi connectivity index (χ0v) is 14.0. The van der Waals surface area contributed by atoms with Crippen LogP contribution >= 0.6 is 0 Å². The van der Waals surface area contributed by atoms with Crippen LogP contribution in [-0.4, -0.2) is 29.9 Å². The second kappa shape index (κ2) is 5.41. The van der Waals surface area contributed by atoms with E-state index >= 15 is 0 Å². The number of carbonyl (C=O) groups is 1. The molecule has 0 unspecified atom stereocenters. The van der Waals surface area contributed by atoms with Crippen molar-refractivity contribution in [3.8, 4) is 0 Å². The number of fused-ring (bicyclic) bond motifs is 3. The summed E-state index contributed by atoms with van der Waals surface area (Å²) in [5.74, 6) is 0.247. The van der Waals surface area contributed by atoms with Gasteiger partial charge in [-0.2, -0.15) is 0 Å². The van der Waals surface area contributed by atoms with E-state index in [4.69, 9.17) is 10.1 Å². The molecule has 2 aromatic rings. The fourth-order valence-corrected chi connectivity index (χ4v) is 3.04. The molecule has 1 amide bonds. The van der Waals surface area contributed by atoms with Gasteiger partial charge in [0.25, 0.3) is 0 Å². The molecule has 1 aliphatic rings. The standard InChI is InChI=1S/C18H23N3O2/c1-18(2,3)17(22)20-11-8-13-12-7-10(16(19)23-4)5-6-14(12)21-15(13)9-11/h5-7,11,19,21H,8-9H2,1-4H3,(H,20,22)/t11-/m1/s1. The number of amides is 1. The summed E-state index contributed by atoms with van der Waals surface area (Å²) in [5.41, 5.74) is 3.89. The van der Waals surface area contributed by atoms with Crippen LogP contribution in [-0.2, 0) is 22.4 Å². The molecule has 5 heteroatoms. The first-order valence-electron chi connectivity index (χ1n) is 7.87. The average molecular weight is 313 g/mol. The maximum Gasteiger partial charge on any atom is 0.225 e. The van der Waals surface area contributed by atoms with Crippen molar-refractivity contribution in [2.45, 2.75) is 39.7 Å². The van der Waals surface area contributed by atoms with E-state index in [9.17, 15) is 4.79 Å². The molecule has 0 saturated heterocycles. The van der Waals surface area contributed by atoms with E-state index < -0.39 is 0 Å². The Labute approximate surface area is 135 Å². The normalized spacial score (nSPS) is 17.1. The molecule has 5 nitrogen and oxygen atoms in total. The highest BCUT2D eigenvalue weighted by Crippen LogP contribution is 2.31. The summed E-state index contributed by atoms with van der Waals surface area (Å²) in [7, 11) is 1.51. The first kappa shape index (κ1) is 15.6. The van der Waals surface area contributed by atoms with Gasteiger partial charge in [-0.05, 0) is 30.2 Å². The largest absolute Gasteiger partial charge is 0.481 e. The molecular formula is C18H23N3O2. The predicted octanol–water partition coefficient (Wildman–Crippen LogP) is 2.77. The molecule has 0 aliphatic heterocycles. The SMILES string of the molecule is COC(=N)c1ccc2[nH]c3c(c2c1)C[C@@H](NC(=O)C(C)(C)C)C3. The monoisotopic (exact) mass is 313 g/mol. The minimum atomic E-state index is -0.376. The van der Waals surface area contributed by atoms with Crippen LogP contribution in [0.3, 0.4) is 0 Å². The Hall–Kier alpha value is -2.30. The summed E-state index contributed by atoms with van der Waals surface area (Å²) in [5, 5.41) is 12.1. The van der Waals surface area contributed by atoms with Crippen LogP contribution in [0.2, 0.25) is 0 Å². The maximum atomic E-state index is 12.2. The highest BCUT2D eigenvalue weighted by Gasteiger charge is 2.30. The smallest absolute Gasteiger partial charge is 0.225 e. The molecule has 1 aromatic heterocycles. The quantitative estimate of drug-likeness (QED) is 0.589. The molecule has 1 aliphatic carbocycles. The number of H-pyrrole nitrogens is 1. The van der Waals surface area contributed by atoms with Gasteiger partial charge in [0.1, 0.15) is 0 Å². The van der Waals surface area contributed by atoms with Crippen molar-refractivity contribution in [2.24, 2.45) is 5.41 Å². The Morgan fingerprint density at radius 2 is 2.09 bits per heavy atom. The van der Waals surface area contributed by atoms with Gasteiger partial charge in [0.15, 0.2) is 0 Å². The van der Waals surface area contributed by atoms with Gasteiger partial charge in [-0.3, -0.25) is 10.2 Å². The second-order valence-corrected chi connectivity index (χ2v) is 7.20. The van der Waals surface area contributed by atoms with Gasteiger partial charge in [0.05, 0.1) is 7.11 Å². The molecule has 1 atom stereocenters. The number of methoxy groups -OCH3 is 1. The zero-order chi connectivity index (χ0) is 16.8. The highest BCUT2D eigenvalue weighted by molar-refractivity contribution is 5.97. The van der Waals surface area contributed by atoms with Crippen molar-refractivity contribution in [1.82, 2.24) is 10.3 Å². The van der Waals surface area contributed by atoms with Crippen LogP contribution in [0.15, 0.2) is 18.2 Å². The fraction of sp³-hybridized carbons (Fsp3) is 0.444. The van der Waals surface area contributed by atoms with Crippen molar-refractivity contribution in [3.05, 3.63) is 35.0 Å². The van der Waals surface area contributed by atoms with Crippen LogP contribution in [0.4, 0.5) is 0 Å². The lowest BCUT2D eigenvalue weighted by atomic mass is 9.95. The van der Waals surface area contributed by atoms with Gasteiger partial charge in [-0.15, -0.1) is 0 Å². The van der Waals surface area contributed by atoms with Gasteiger partial charge < -0.3 is 15.0 Å². The molecule has 0 fully saturated rings. The molecule has 0 saturated carbocycles. The first-order chi connectivity index (χ1) is 10.8. The average Bonchev–Trinajstić information content (AvgIpc) is 3.02. The third-order valence-corrected chi connectivity index (χ3v) is 4.38. The summed E-state index contributed by atoms with van der Waals surface area (Å²) in [4.78, 5) is 15.6. The maximum absolute atomic E-state index is 12.2.